The molecule has 1 aromatic heterocycles. The lowest BCUT2D eigenvalue weighted by atomic mass is 9.75. The van der Waals surface area contributed by atoms with Gasteiger partial charge in [0, 0.05) is 29.6 Å². The zero-order chi connectivity index (χ0) is 18.5. The Morgan fingerprint density at radius 2 is 1.93 bits per heavy atom. The minimum Gasteiger partial charge on any atom is -0.496 e. The van der Waals surface area contributed by atoms with Crippen molar-refractivity contribution < 1.29 is 13.9 Å². The first kappa shape index (κ1) is 16.9. The molecule has 4 aliphatic rings. The number of hydrogen-bond donors (Lipinski definition) is 0. The summed E-state index contributed by atoms with van der Waals surface area (Å²) in [5, 5.41) is 0. The molecule has 0 saturated carbocycles. The van der Waals surface area contributed by atoms with Crippen LogP contribution in [0.2, 0.25) is 0 Å². The molecule has 0 radical (unpaired) electrons. The Balaban J connectivity index is 1.56. The van der Waals surface area contributed by atoms with Gasteiger partial charge in [0.25, 0.3) is 5.91 Å². The van der Waals surface area contributed by atoms with Crippen LogP contribution in [0, 0.1) is 12.8 Å². The highest BCUT2D eigenvalue weighted by Crippen LogP contribution is 2.48. The number of carbonyl (C=O) groups is 1. The SMILES string of the molecule is COc1ccccc1[C@H]1CN(C(=O)c2occc2C)[C@H]2C3CCN(CC3)[C@@H]12. The average Bonchev–Trinajstić information content (AvgIpc) is 3.33. The van der Waals surface area contributed by atoms with Crippen LogP contribution >= 0.6 is 0 Å². The number of carbonyl (C=O) groups excluding carboxylic acids is 1. The molecule has 2 bridgehead atoms. The van der Waals surface area contributed by atoms with Crippen molar-refractivity contribution in [2.24, 2.45) is 5.92 Å². The van der Waals surface area contributed by atoms with Crippen LogP contribution in [-0.2, 0) is 0 Å². The van der Waals surface area contributed by atoms with E-state index in [9.17, 15) is 4.79 Å². The Hall–Kier alpha value is -2.27. The number of fused-ring (bicyclic) bond motifs is 2. The maximum Gasteiger partial charge on any atom is 0.290 e. The van der Waals surface area contributed by atoms with Gasteiger partial charge in [-0.3, -0.25) is 9.69 Å². The minimum absolute atomic E-state index is 0.0404. The van der Waals surface area contributed by atoms with Crippen LogP contribution in [0.5, 0.6) is 5.75 Å². The fraction of sp³-hybridized carbons (Fsp3) is 0.500. The summed E-state index contributed by atoms with van der Waals surface area (Å²) in [6.07, 6.45) is 3.98. The van der Waals surface area contributed by atoms with Crippen molar-refractivity contribution in [3.63, 3.8) is 0 Å². The number of likely N-dealkylation sites (tertiary alicyclic amines) is 1. The zero-order valence-corrected chi connectivity index (χ0v) is 15.9. The normalized spacial score (nSPS) is 31.8. The predicted molar refractivity (Wildman–Crippen MR) is 102 cm³/mol. The van der Waals surface area contributed by atoms with E-state index in [0.717, 1.165) is 30.9 Å². The molecule has 6 rings (SSSR count). The van der Waals surface area contributed by atoms with Gasteiger partial charge in [0.05, 0.1) is 19.4 Å². The van der Waals surface area contributed by atoms with Crippen LogP contribution in [0.4, 0.5) is 0 Å². The fourth-order valence-electron chi connectivity index (χ4n) is 5.62. The molecule has 0 unspecified atom stereocenters. The number of piperidine rings is 3. The number of para-hydroxylation sites is 1. The molecule has 4 fully saturated rings. The molecule has 27 heavy (non-hydrogen) atoms. The molecule has 1 amide bonds. The van der Waals surface area contributed by atoms with Crippen LogP contribution < -0.4 is 4.74 Å². The number of rotatable bonds is 3. The number of hydrogen-bond acceptors (Lipinski definition) is 4. The molecule has 0 spiro atoms. The topological polar surface area (TPSA) is 45.9 Å². The van der Waals surface area contributed by atoms with Gasteiger partial charge in [-0.05, 0) is 50.9 Å². The second kappa shape index (κ2) is 6.41. The first-order valence-electron chi connectivity index (χ1n) is 9.91. The van der Waals surface area contributed by atoms with E-state index in [1.54, 1.807) is 13.4 Å². The summed E-state index contributed by atoms with van der Waals surface area (Å²) in [7, 11) is 1.73. The smallest absolute Gasteiger partial charge is 0.290 e. The van der Waals surface area contributed by atoms with Crippen molar-refractivity contribution >= 4 is 5.91 Å². The molecule has 5 nitrogen and oxygen atoms in total. The zero-order valence-electron chi connectivity index (χ0n) is 15.9. The summed E-state index contributed by atoms with van der Waals surface area (Å²) in [6.45, 7) is 4.94. The Morgan fingerprint density at radius 1 is 1.15 bits per heavy atom. The molecule has 0 N–H and O–H groups in total. The number of aryl methyl sites for hydroxylation is 1. The van der Waals surface area contributed by atoms with Crippen molar-refractivity contribution in [1.82, 2.24) is 9.80 Å². The molecule has 5 heterocycles. The van der Waals surface area contributed by atoms with Crippen LogP contribution in [0.25, 0.3) is 0 Å². The molecule has 3 atom stereocenters. The Kier molecular flexibility index (Phi) is 4.01. The Labute approximate surface area is 159 Å². The van der Waals surface area contributed by atoms with Crippen LogP contribution in [0.3, 0.4) is 0 Å². The fourth-order valence-corrected chi connectivity index (χ4v) is 5.62. The first-order valence-corrected chi connectivity index (χ1v) is 9.91. The molecule has 4 saturated heterocycles. The van der Waals surface area contributed by atoms with Crippen molar-refractivity contribution in [3.05, 3.63) is 53.5 Å². The number of nitrogens with zero attached hydrogens (tertiary/aromatic N) is 2. The van der Waals surface area contributed by atoms with Crippen LogP contribution in [0.15, 0.2) is 41.0 Å². The number of furan rings is 1. The molecular weight excluding hydrogens is 340 g/mol. The van der Waals surface area contributed by atoms with E-state index in [0.29, 0.717) is 17.7 Å². The number of methoxy groups -OCH3 is 1. The molecule has 2 aromatic rings. The van der Waals surface area contributed by atoms with Gasteiger partial charge < -0.3 is 14.1 Å². The van der Waals surface area contributed by atoms with Gasteiger partial charge in [0.1, 0.15) is 5.75 Å². The maximum absolute atomic E-state index is 13.4. The van der Waals surface area contributed by atoms with E-state index < -0.39 is 0 Å². The van der Waals surface area contributed by atoms with E-state index in [2.05, 4.69) is 21.9 Å². The lowest BCUT2D eigenvalue weighted by Crippen LogP contribution is -2.60. The largest absolute Gasteiger partial charge is 0.496 e. The summed E-state index contributed by atoms with van der Waals surface area (Å²) in [6, 6.07) is 10.8. The minimum atomic E-state index is 0.0404. The second-order valence-electron chi connectivity index (χ2n) is 8.09. The lowest BCUT2D eigenvalue weighted by Gasteiger charge is -2.51. The average molecular weight is 366 g/mol. The van der Waals surface area contributed by atoms with Gasteiger partial charge in [-0.2, -0.15) is 0 Å². The molecule has 4 aliphatic heterocycles. The van der Waals surface area contributed by atoms with Crippen LogP contribution in [0.1, 0.15) is 40.4 Å². The molecule has 5 heteroatoms. The van der Waals surface area contributed by atoms with E-state index >= 15 is 0 Å². The monoisotopic (exact) mass is 366 g/mol. The third kappa shape index (κ3) is 2.52. The predicted octanol–water partition coefficient (Wildman–Crippen LogP) is 3.30. The summed E-state index contributed by atoms with van der Waals surface area (Å²) in [5.41, 5.74) is 2.13. The molecule has 0 aliphatic carbocycles. The van der Waals surface area contributed by atoms with Gasteiger partial charge in [0.15, 0.2) is 5.76 Å². The maximum atomic E-state index is 13.4. The van der Waals surface area contributed by atoms with E-state index in [1.165, 1.54) is 18.4 Å². The van der Waals surface area contributed by atoms with E-state index in [4.69, 9.17) is 9.15 Å². The quantitative estimate of drug-likeness (QED) is 0.836. The highest BCUT2D eigenvalue weighted by atomic mass is 16.5. The van der Waals surface area contributed by atoms with Gasteiger partial charge >= 0.3 is 0 Å². The summed E-state index contributed by atoms with van der Waals surface area (Å²) in [4.78, 5) is 18.1. The Bertz CT molecular complexity index is 853. The van der Waals surface area contributed by atoms with Crippen molar-refractivity contribution in [2.75, 3.05) is 26.7 Å². The third-order valence-corrected chi connectivity index (χ3v) is 6.85. The van der Waals surface area contributed by atoms with E-state index in [-0.39, 0.29) is 17.9 Å². The van der Waals surface area contributed by atoms with E-state index in [1.807, 2.05) is 25.1 Å². The molecule has 1 aromatic carbocycles. The number of ether oxygens (including phenoxy) is 1. The standard InChI is InChI=1S/C22H26N2O3/c1-14-9-12-27-21(14)22(25)24-13-17(16-5-3-4-6-18(16)26-2)20-19(24)15-7-10-23(20)11-8-15/h3-6,9,12,15,17,19-20H,7-8,10-11,13H2,1-2H3/t17-,19+,20+/m1/s1. The van der Waals surface area contributed by atoms with Gasteiger partial charge in [-0.25, -0.2) is 0 Å². The Morgan fingerprint density at radius 3 is 2.63 bits per heavy atom. The van der Waals surface area contributed by atoms with Crippen LogP contribution in [-0.4, -0.2) is 54.5 Å². The summed E-state index contributed by atoms with van der Waals surface area (Å²) >= 11 is 0. The highest BCUT2D eigenvalue weighted by Gasteiger charge is 2.55. The van der Waals surface area contributed by atoms with Crippen molar-refractivity contribution in [2.45, 2.75) is 37.8 Å². The number of benzene rings is 1. The number of amides is 1. The van der Waals surface area contributed by atoms with Gasteiger partial charge in [-0.15, -0.1) is 0 Å². The molecule has 142 valence electrons. The highest BCUT2D eigenvalue weighted by molar-refractivity contribution is 5.93. The lowest BCUT2D eigenvalue weighted by molar-refractivity contribution is -0.00441. The first-order chi connectivity index (χ1) is 13.2. The summed E-state index contributed by atoms with van der Waals surface area (Å²) in [5.74, 6) is 2.31. The second-order valence-corrected chi connectivity index (χ2v) is 8.09. The van der Waals surface area contributed by atoms with Crippen molar-refractivity contribution in [3.8, 4) is 5.75 Å². The third-order valence-electron chi connectivity index (χ3n) is 6.85. The van der Waals surface area contributed by atoms with Crippen molar-refractivity contribution in [1.29, 1.82) is 0 Å². The van der Waals surface area contributed by atoms with Gasteiger partial charge in [-0.1, -0.05) is 18.2 Å². The van der Waals surface area contributed by atoms with Gasteiger partial charge in [0.2, 0.25) is 0 Å². The summed E-state index contributed by atoms with van der Waals surface area (Å²) < 4.78 is 11.2. The molecular formula is C22H26N2O3.